The lowest BCUT2D eigenvalue weighted by Gasteiger charge is -2.37. The van der Waals surface area contributed by atoms with E-state index in [2.05, 4.69) is 16.0 Å². The largest absolute Gasteiger partial charge is 0.472 e. The lowest BCUT2D eigenvalue weighted by molar-refractivity contribution is 0.0312. The Morgan fingerprint density at radius 1 is 1.24 bits per heavy atom. The summed E-state index contributed by atoms with van der Waals surface area (Å²) in [4.78, 5) is 38.4. The van der Waals surface area contributed by atoms with Gasteiger partial charge in [-0.3, -0.25) is 14.6 Å². The first-order valence-electron chi connectivity index (χ1n) is 12.1. The number of benzene rings is 1. The Labute approximate surface area is 216 Å². The molecule has 0 saturated carbocycles. The number of carbonyl (C=O) groups is 2. The van der Waals surface area contributed by atoms with E-state index in [-0.39, 0.29) is 42.3 Å². The van der Waals surface area contributed by atoms with Crippen LogP contribution in [0, 0.1) is 17.2 Å². The number of hydrogen-bond acceptors (Lipinski definition) is 7. The van der Waals surface area contributed by atoms with Gasteiger partial charge in [0.2, 0.25) is 5.88 Å². The van der Waals surface area contributed by atoms with E-state index in [0.29, 0.717) is 23.4 Å². The molecule has 0 fully saturated rings. The van der Waals surface area contributed by atoms with E-state index in [1.165, 1.54) is 0 Å². The predicted octanol–water partition coefficient (Wildman–Crippen LogP) is 3.01. The van der Waals surface area contributed by atoms with Crippen LogP contribution in [0.4, 0.5) is 0 Å². The Kier molecular flexibility index (Phi) is 7.80. The van der Waals surface area contributed by atoms with Crippen molar-refractivity contribution in [3.8, 4) is 23.1 Å². The minimum Gasteiger partial charge on any atom is -0.472 e. The average Bonchev–Trinajstić information content (AvgIpc) is 2.94. The maximum Gasteiger partial charge on any atom is 0.272 e. The third kappa shape index (κ3) is 5.60. The molecule has 3 atom stereocenters. The first-order chi connectivity index (χ1) is 17.8. The van der Waals surface area contributed by atoms with Gasteiger partial charge in [-0.25, -0.2) is 4.98 Å². The molecule has 0 radical (unpaired) electrons. The van der Waals surface area contributed by atoms with Crippen molar-refractivity contribution in [2.45, 2.75) is 26.0 Å². The normalized spacial score (nSPS) is 18.0. The number of ether oxygens (including phenoxy) is 1. The van der Waals surface area contributed by atoms with Crippen molar-refractivity contribution < 1.29 is 19.4 Å². The van der Waals surface area contributed by atoms with Crippen LogP contribution in [0.25, 0.3) is 11.1 Å². The molecule has 1 aromatic carbocycles. The number of aliphatic hydroxyl groups excluding tert-OH is 1. The monoisotopic (exact) mass is 499 g/mol. The Morgan fingerprint density at radius 2 is 2.05 bits per heavy atom. The van der Waals surface area contributed by atoms with Gasteiger partial charge in [-0.1, -0.05) is 25.1 Å². The van der Waals surface area contributed by atoms with E-state index in [1.807, 2.05) is 13.0 Å². The van der Waals surface area contributed by atoms with Crippen LogP contribution >= 0.6 is 0 Å². The van der Waals surface area contributed by atoms with Crippen LogP contribution in [0.15, 0.2) is 60.9 Å². The summed E-state index contributed by atoms with van der Waals surface area (Å²) in [7, 11) is 1.69. The molecular weight excluding hydrogens is 470 g/mol. The number of hydrogen-bond donors (Lipinski definition) is 1. The van der Waals surface area contributed by atoms with E-state index >= 15 is 0 Å². The van der Waals surface area contributed by atoms with Gasteiger partial charge in [-0.15, -0.1) is 0 Å². The standard InChI is InChI=1S/C28H29N5O4/c1-18-15-33(19(2)17-34)27(35)23-12-22(21-8-6-7-20(11-21)13-29)14-31-26(23)37-25(18)16-32(3)28(36)24-9-4-5-10-30-24/h4-12,14,18-19,25,34H,15-17H2,1-3H3/t18-,19-,25-/m1/s1. The van der Waals surface area contributed by atoms with Crippen LogP contribution in [0.5, 0.6) is 5.88 Å². The number of fused-ring (bicyclic) bond motifs is 1. The van der Waals surface area contributed by atoms with E-state index in [9.17, 15) is 20.0 Å². The Morgan fingerprint density at radius 3 is 2.76 bits per heavy atom. The lowest BCUT2D eigenvalue weighted by Crippen LogP contribution is -2.50. The molecule has 1 aliphatic rings. The topological polar surface area (TPSA) is 120 Å². The molecule has 0 aliphatic carbocycles. The zero-order chi connectivity index (χ0) is 26.5. The minimum atomic E-state index is -0.474. The zero-order valence-corrected chi connectivity index (χ0v) is 21.0. The summed E-state index contributed by atoms with van der Waals surface area (Å²) in [5.41, 5.74) is 2.50. The van der Waals surface area contributed by atoms with Crippen molar-refractivity contribution in [3.05, 3.63) is 77.7 Å². The van der Waals surface area contributed by atoms with Crippen LogP contribution in [0.2, 0.25) is 0 Å². The van der Waals surface area contributed by atoms with E-state index in [1.54, 1.807) is 78.6 Å². The summed E-state index contributed by atoms with van der Waals surface area (Å²) < 4.78 is 6.29. The summed E-state index contributed by atoms with van der Waals surface area (Å²) in [5.74, 6) is -0.545. The minimum absolute atomic E-state index is 0.163. The molecule has 2 amide bonds. The number of amides is 2. The van der Waals surface area contributed by atoms with Crippen molar-refractivity contribution in [1.29, 1.82) is 5.26 Å². The Balaban J connectivity index is 1.70. The number of nitrogens with zero attached hydrogens (tertiary/aromatic N) is 5. The zero-order valence-electron chi connectivity index (χ0n) is 21.0. The van der Waals surface area contributed by atoms with Gasteiger partial charge in [0.25, 0.3) is 11.8 Å². The molecule has 0 unspecified atom stereocenters. The maximum absolute atomic E-state index is 13.6. The molecule has 37 heavy (non-hydrogen) atoms. The molecule has 1 aliphatic heterocycles. The molecule has 4 rings (SSSR count). The molecule has 190 valence electrons. The lowest BCUT2D eigenvalue weighted by atomic mass is 9.98. The van der Waals surface area contributed by atoms with Crippen LogP contribution in [0.1, 0.15) is 40.3 Å². The predicted molar refractivity (Wildman–Crippen MR) is 137 cm³/mol. The molecule has 3 aromatic rings. The summed E-state index contributed by atoms with van der Waals surface area (Å²) in [6.45, 7) is 4.10. The average molecular weight is 500 g/mol. The summed E-state index contributed by atoms with van der Waals surface area (Å²) >= 11 is 0. The van der Waals surface area contributed by atoms with E-state index in [0.717, 1.165) is 5.56 Å². The second-order valence-electron chi connectivity index (χ2n) is 9.29. The first-order valence-corrected chi connectivity index (χ1v) is 12.1. The second-order valence-corrected chi connectivity index (χ2v) is 9.29. The van der Waals surface area contributed by atoms with Crippen molar-refractivity contribution >= 4 is 11.8 Å². The van der Waals surface area contributed by atoms with Gasteiger partial charge < -0.3 is 19.6 Å². The van der Waals surface area contributed by atoms with E-state index < -0.39 is 12.1 Å². The molecule has 2 aromatic heterocycles. The summed E-state index contributed by atoms with van der Waals surface area (Å²) in [5, 5.41) is 19.1. The summed E-state index contributed by atoms with van der Waals surface area (Å²) in [6, 6.07) is 15.6. The second kappa shape index (κ2) is 11.2. The van der Waals surface area contributed by atoms with Crippen molar-refractivity contribution in [2.24, 2.45) is 5.92 Å². The van der Waals surface area contributed by atoms with Gasteiger partial charge >= 0.3 is 0 Å². The van der Waals surface area contributed by atoms with Crippen molar-refractivity contribution in [3.63, 3.8) is 0 Å². The van der Waals surface area contributed by atoms with Crippen molar-refractivity contribution in [2.75, 3.05) is 26.7 Å². The van der Waals surface area contributed by atoms with Gasteiger partial charge in [-0.05, 0) is 42.8 Å². The third-order valence-corrected chi connectivity index (χ3v) is 6.53. The van der Waals surface area contributed by atoms with Crippen LogP contribution in [-0.4, -0.2) is 75.6 Å². The fourth-order valence-electron chi connectivity index (χ4n) is 4.28. The highest BCUT2D eigenvalue weighted by Gasteiger charge is 2.35. The fraction of sp³-hybridized carbons (Fsp3) is 0.321. The Hall–Kier alpha value is -4.29. The van der Waals surface area contributed by atoms with Gasteiger partial charge in [0.15, 0.2) is 0 Å². The highest BCUT2D eigenvalue weighted by molar-refractivity contribution is 5.98. The van der Waals surface area contributed by atoms with Crippen molar-refractivity contribution in [1.82, 2.24) is 19.8 Å². The van der Waals surface area contributed by atoms with Gasteiger partial charge in [0.05, 0.1) is 30.8 Å². The van der Waals surface area contributed by atoms with Gasteiger partial charge in [-0.2, -0.15) is 5.26 Å². The Bertz CT molecular complexity index is 1320. The molecule has 3 heterocycles. The molecule has 9 heteroatoms. The molecule has 1 N–H and O–H groups in total. The highest BCUT2D eigenvalue weighted by Crippen LogP contribution is 2.30. The fourth-order valence-corrected chi connectivity index (χ4v) is 4.28. The van der Waals surface area contributed by atoms with Gasteiger partial charge in [0.1, 0.15) is 17.4 Å². The summed E-state index contributed by atoms with van der Waals surface area (Å²) in [6.07, 6.45) is 2.70. The smallest absolute Gasteiger partial charge is 0.272 e. The maximum atomic E-state index is 13.6. The number of likely N-dealkylation sites (N-methyl/N-ethyl adjacent to an activating group) is 1. The third-order valence-electron chi connectivity index (χ3n) is 6.53. The first kappa shape index (κ1) is 25.8. The number of aromatic nitrogens is 2. The van der Waals surface area contributed by atoms with Crippen LogP contribution < -0.4 is 4.74 Å². The highest BCUT2D eigenvalue weighted by atomic mass is 16.5. The van der Waals surface area contributed by atoms with Crippen LogP contribution in [0.3, 0.4) is 0 Å². The SMILES string of the molecule is C[C@@H]1CN([C@H](C)CO)C(=O)c2cc(-c3cccc(C#N)c3)cnc2O[C@@H]1CN(C)C(=O)c1ccccn1. The number of carbonyl (C=O) groups excluding carboxylic acids is 2. The number of rotatable bonds is 6. The molecule has 0 spiro atoms. The van der Waals surface area contributed by atoms with E-state index in [4.69, 9.17) is 4.74 Å². The number of pyridine rings is 2. The number of nitriles is 1. The quantitative estimate of drug-likeness (QED) is 0.554. The molecule has 0 saturated heterocycles. The number of aliphatic hydroxyl groups is 1. The molecule has 9 nitrogen and oxygen atoms in total. The van der Waals surface area contributed by atoms with Gasteiger partial charge in [0, 0.05) is 37.5 Å². The molecule has 0 bridgehead atoms. The molecular formula is C28H29N5O4. The van der Waals surface area contributed by atoms with Crippen LogP contribution in [-0.2, 0) is 0 Å².